The average Bonchev–Trinajstić information content (AvgIpc) is 3.13. The number of tetrazole rings is 1. The zero-order chi connectivity index (χ0) is 14.7. The van der Waals surface area contributed by atoms with E-state index in [9.17, 15) is 8.78 Å². The molecule has 0 aliphatic rings. The Morgan fingerprint density at radius 2 is 1.95 bits per heavy atom. The van der Waals surface area contributed by atoms with E-state index >= 15 is 0 Å². The lowest BCUT2D eigenvalue weighted by atomic mass is 10.1. The highest BCUT2D eigenvalue weighted by Gasteiger charge is 2.33. The van der Waals surface area contributed by atoms with Crippen LogP contribution >= 0.6 is 0 Å². The quantitative estimate of drug-likeness (QED) is 0.717. The summed E-state index contributed by atoms with van der Waals surface area (Å²) < 4.78 is 31.3. The molecule has 0 spiro atoms. The largest absolute Gasteiger partial charge is 0.330 e. The molecule has 0 fully saturated rings. The van der Waals surface area contributed by atoms with Gasteiger partial charge in [-0.05, 0) is 10.4 Å². The third-order valence-electron chi connectivity index (χ3n) is 3.03. The number of imidazole rings is 1. The van der Waals surface area contributed by atoms with Gasteiger partial charge in [0.25, 0.3) is 5.92 Å². The van der Waals surface area contributed by atoms with E-state index in [2.05, 4.69) is 20.5 Å². The zero-order valence-corrected chi connectivity index (χ0v) is 11.0. The molecule has 0 aliphatic heterocycles. The first-order chi connectivity index (χ1) is 10.1. The van der Waals surface area contributed by atoms with Crippen LogP contribution in [0.25, 0.3) is 0 Å². The minimum atomic E-state index is -3.04. The molecular weight excluding hydrogens is 278 g/mol. The molecule has 6 nitrogen and oxygen atoms in total. The molecule has 3 aromatic rings. The SMILES string of the molecule is FC(F)(Cn1nnnc1Cn1ccnc1)c1ccccc1. The van der Waals surface area contributed by atoms with Crippen LogP contribution in [0.2, 0.25) is 0 Å². The molecule has 0 radical (unpaired) electrons. The Balaban J connectivity index is 1.81. The predicted octanol–water partition coefficient (Wildman–Crippen LogP) is 1.71. The molecule has 0 unspecified atom stereocenters. The van der Waals surface area contributed by atoms with Crippen LogP contribution in [-0.4, -0.2) is 29.8 Å². The average molecular weight is 290 g/mol. The van der Waals surface area contributed by atoms with Gasteiger partial charge < -0.3 is 4.57 Å². The number of nitrogens with zero attached hydrogens (tertiary/aromatic N) is 6. The first-order valence-electron chi connectivity index (χ1n) is 6.29. The van der Waals surface area contributed by atoms with Crippen molar-refractivity contribution in [2.24, 2.45) is 0 Å². The van der Waals surface area contributed by atoms with Crippen LogP contribution in [-0.2, 0) is 19.0 Å². The highest BCUT2D eigenvalue weighted by Crippen LogP contribution is 2.29. The fourth-order valence-electron chi connectivity index (χ4n) is 1.96. The van der Waals surface area contributed by atoms with Gasteiger partial charge >= 0.3 is 0 Å². The van der Waals surface area contributed by atoms with Gasteiger partial charge in [-0.1, -0.05) is 30.3 Å². The normalized spacial score (nSPS) is 11.7. The first-order valence-corrected chi connectivity index (χ1v) is 6.29. The van der Waals surface area contributed by atoms with Crippen LogP contribution in [0.3, 0.4) is 0 Å². The Labute approximate surface area is 119 Å². The fraction of sp³-hybridized carbons (Fsp3) is 0.231. The van der Waals surface area contributed by atoms with Gasteiger partial charge in [0.05, 0.1) is 12.9 Å². The number of alkyl halides is 2. The molecule has 1 aromatic carbocycles. The van der Waals surface area contributed by atoms with Crippen LogP contribution in [0.1, 0.15) is 11.4 Å². The van der Waals surface area contributed by atoms with Crippen LogP contribution in [0.5, 0.6) is 0 Å². The van der Waals surface area contributed by atoms with E-state index in [-0.39, 0.29) is 12.1 Å². The van der Waals surface area contributed by atoms with Gasteiger partial charge in [0.15, 0.2) is 5.82 Å². The number of rotatable bonds is 5. The van der Waals surface area contributed by atoms with E-state index < -0.39 is 12.5 Å². The molecule has 0 amide bonds. The monoisotopic (exact) mass is 290 g/mol. The number of halogens is 2. The Bertz CT molecular complexity index is 693. The number of benzene rings is 1. The van der Waals surface area contributed by atoms with Gasteiger partial charge in [0.1, 0.15) is 6.54 Å². The molecule has 0 atom stereocenters. The van der Waals surface area contributed by atoms with Gasteiger partial charge in [-0.3, -0.25) is 0 Å². The summed E-state index contributed by atoms with van der Waals surface area (Å²) in [5.41, 5.74) is -0.0610. The predicted molar refractivity (Wildman–Crippen MR) is 69.5 cm³/mol. The van der Waals surface area contributed by atoms with E-state index in [0.717, 1.165) is 4.68 Å². The Morgan fingerprint density at radius 1 is 1.14 bits per heavy atom. The maximum absolute atomic E-state index is 14.2. The topological polar surface area (TPSA) is 61.4 Å². The van der Waals surface area contributed by atoms with Gasteiger partial charge in [-0.25, -0.2) is 9.67 Å². The summed E-state index contributed by atoms with van der Waals surface area (Å²) in [6.45, 7) is -0.314. The molecule has 2 aromatic heterocycles. The summed E-state index contributed by atoms with van der Waals surface area (Å²) >= 11 is 0. The van der Waals surface area contributed by atoms with Crippen molar-refractivity contribution in [1.29, 1.82) is 0 Å². The second-order valence-electron chi connectivity index (χ2n) is 4.56. The molecule has 108 valence electrons. The van der Waals surface area contributed by atoms with Crippen LogP contribution in [0.4, 0.5) is 8.78 Å². The number of hydrogen-bond acceptors (Lipinski definition) is 4. The molecular formula is C13H12F2N6. The second kappa shape index (κ2) is 5.39. The lowest BCUT2D eigenvalue weighted by Crippen LogP contribution is -2.24. The lowest BCUT2D eigenvalue weighted by Gasteiger charge is -2.17. The summed E-state index contributed by atoms with van der Waals surface area (Å²) in [4.78, 5) is 3.89. The number of aromatic nitrogens is 6. The summed E-state index contributed by atoms with van der Waals surface area (Å²) in [7, 11) is 0. The Hall–Kier alpha value is -2.64. The van der Waals surface area contributed by atoms with Crippen molar-refractivity contribution in [2.45, 2.75) is 19.0 Å². The van der Waals surface area contributed by atoms with E-state index in [1.54, 1.807) is 41.5 Å². The van der Waals surface area contributed by atoms with E-state index in [4.69, 9.17) is 0 Å². The second-order valence-corrected chi connectivity index (χ2v) is 4.56. The van der Waals surface area contributed by atoms with Crippen molar-refractivity contribution in [3.63, 3.8) is 0 Å². The molecule has 0 saturated heterocycles. The maximum atomic E-state index is 14.2. The molecule has 0 saturated carbocycles. The van der Waals surface area contributed by atoms with Crippen molar-refractivity contribution < 1.29 is 8.78 Å². The van der Waals surface area contributed by atoms with Gasteiger partial charge in [0, 0.05) is 18.0 Å². The highest BCUT2D eigenvalue weighted by molar-refractivity contribution is 5.19. The summed E-state index contributed by atoms with van der Waals surface area (Å²) in [5.74, 6) is -2.69. The van der Waals surface area contributed by atoms with Crippen LogP contribution < -0.4 is 0 Å². The van der Waals surface area contributed by atoms with E-state index in [1.807, 2.05) is 0 Å². The summed E-state index contributed by atoms with van der Waals surface area (Å²) in [6.07, 6.45) is 4.90. The molecule has 3 rings (SSSR count). The molecule has 8 heteroatoms. The van der Waals surface area contributed by atoms with Gasteiger partial charge in [-0.15, -0.1) is 5.10 Å². The lowest BCUT2D eigenvalue weighted by molar-refractivity contribution is -0.0267. The van der Waals surface area contributed by atoms with Crippen molar-refractivity contribution in [2.75, 3.05) is 0 Å². The Morgan fingerprint density at radius 3 is 2.67 bits per heavy atom. The highest BCUT2D eigenvalue weighted by atomic mass is 19.3. The molecule has 21 heavy (non-hydrogen) atoms. The van der Waals surface area contributed by atoms with E-state index in [0.29, 0.717) is 5.82 Å². The van der Waals surface area contributed by atoms with Crippen molar-refractivity contribution in [1.82, 2.24) is 29.8 Å². The summed E-state index contributed by atoms with van der Waals surface area (Å²) in [5, 5.41) is 10.9. The van der Waals surface area contributed by atoms with Gasteiger partial charge in [0.2, 0.25) is 0 Å². The summed E-state index contributed by atoms with van der Waals surface area (Å²) in [6, 6.07) is 7.63. The zero-order valence-electron chi connectivity index (χ0n) is 11.0. The van der Waals surface area contributed by atoms with Crippen LogP contribution in [0.15, 0.2) is 49.1 Å². The molecule has 0 aliphatic carbocycles. The van der Waals surface area contributed by atoms with Crippen molar-refractivity contribution in [3.05, 3.63) is 60.4 Å². The minimum absolute atomic E-state index is 0.0610. The first kappa shape index (κ1) is 13.3. The third-order valence-corrected chi connectivity index (χ3v) is 3.03. The minimum Gasteiger partial charge on any atom is -0.330 e. The van der Waals surface area contributed by atoms with Crippen molar-refractivity contribution >= 4 is 0 Å². The standard InChI is InChI=1S/C13H12F2N6/c14-13(15,11-4-2-1-3-5-11)9-21-12(17-18-19-21)8-20-7-6-16-10-20/h1-7,10H,8-9H2. The molecule has 0 N–H and O–H groups in total. The smallest absolute Gasteiger partial charge is 0.292 e. The molecule has 0 bridgehead atoms. The van der Waals surface area contributed by atoms with Gasteiger partial charge in [-0.2, -0.15) is 8.78 Å². The third kappa shape index (κ3) is 2.93. The van der Waals surface area contributed by atoms with Crippen LogP contribution in [0, 0.1) is 0 Å². The van der Waals surface area contributed by atoms with Crippen molar-refractivity contribution in [3.8, 4) is 0 Å². The number of hydrogen-bond donors (Lipinski definition) is 0. The fourth-order valence-corrected chi connectivity index (χ4v) is 1.96. The molecule has 2 heterocycles. The Kier molecular flexibility index (Phi) is 3.43. The van der Waals surface area contributed by atoms with E-state index in [1.165, 1.54) is 12.1 Å². The maximum Gasteiger partial charge on any atom is 0.292 e.